The number of alkyl halides is 3. The Bertz CT molecular complexity index is 619. The second-order valence-electron chi connectivity index (χ2n) is 4.42. The summed E-state index contributed by atoms with van der Waals surface area (Å²) in [5, 5.41) is 10.4. The molecule has 0 atom stereocenters. The van der Waals surface area contributed by atoms with Gasteiger partial charge in [0.1, 0.15) is 5.69 Å². The van der Waals surface area contributed by atoms with Crippen LogP contribution < -0.4 is 5.32 Å². The first-order chi connectivity index (χ1) is 9.86. The molecule has 21 heavy (non-hydrogen) atoms. The summed E-state index contributed by atoms with van der Waals surface area (Å²) >= 11 is 0. The summed E-state index contributed by atoms with van der Waals surface area (Å²) in [4.78, 5) is 10.7. The second-order valence-corrected chi connectivity index (χ2v) is 4.42. The lowest BCUT2D eigenvalue weighted by Gasteiger charge is -2.06. The lowest BCUT2D eigenvalue weighted by molar-refractivity contribution is -0.137. The number of nitrogens with one attached hydrogen (secondary N) is 1. The van der Waals surface area contributed by atoms with Crippen molar-refractivity contribution >= 4 is 5.91 Å². The highest BCUT2D eigenvalue weighted by Crippen LogP contribution is 2.30. The Kier molecular flexibility index (Phi) is 4.25. The van der Waals surface area contributed by atoms with Crippen molar-refractivity contribution in [2.45, 2.75) is 19.6 Å². The Morgan fingerprint density at radius 1 is 1.29 bits per heavy atom. The molecule has 0 fully saturated rings. The smallest absolute Gasteiger partial charge is 0.354 e. The molecule has 1 N–H and O–H groups in total. The molecule has 0 saturated heterocycles. The highest BCUT2D eigenvalue weighted by atomic mass is 19.4. The summed E-state index contributed by atoms with van der Waals surface area (Å²) in [6.07, 6.45) is -2.74. The van der Waals surface area contributed by atoms with Crippen molar-refractivity contribution < 1.29 is 18.0 Å². The van der Waals surface area contributed by atoms with Crippen LogP contribution in [-0.4, -0.2) is 27.4 Å². The van der Waals surface area contributed by atoms with Crippen molar-refractivity contribution in [2.75, 3.05) is 6.54 Å². The first-order valence-electron chi connectivity index (χ1n) is 6.18. The average molecular weight is 298 g/mol. The molecule has 0 unspecified atom stereocenters. The van der Waals surface area contributed by atoms with Crippen molar-refractivity contribution in [2.24, 2.45) is 0 Å². The molecule has 0 bridgehead atoms. The number of aromatic nitrogens is 3. The minimum atomic E-state index is -4.35. The zero-order valence-corrected chi connectivity index (χ0v) is 11.2. The number of benzene rings is 1. The molecule has 0 radical (unpaired) electrons. The number of hydrogen-bond acceptors (Lipinski definition) is 3. The van der Waals surface area contributed by atoms with Gasteiger partial charge in [0.15, 0.2) is 0 Å². The van der Waals surface area contributed by atoms with E-state index in [4.69, 9.17) is 0 Å². The van der Waals surface area contributed by atoms with Crippen molar-refractivity contribution in [3.8, 4) is 11.3 Å². The molecule has 1 heterocycles. The molecule has 5 nitrogen and oxygen atoms in total. The van der Waals surface area contributed by atoms with Crippen LogP contribution in [0.5, 0.6) is 0 Å². The van der Waals surface area contributed by atoms with Crippen LogP contribution in [0.2, 0.25) is 0 Å². The molecular formula is C13H13F3N4O. The lowest BCUT2D eigenvalue weighted by atomic mass is 10.1. The van der Waals surface area contributed by atoms with Crippen molar-refractivity contribution in [3.63, 3.8) is 0 Å². The number of rotatable bonds is 4. The summed E-state index contributed by atoms with van der Waals surface area (Å²) in [6, 6.07) is 4.72. The number of carbonyl (C=O) groups is 1. The van der Waals surface area contributed by atoms with Gasteiger partial charge in [-0.1, -0.05) is 17.3 Å². The number of nitrogens with zero attached hydrogens (tertiary/aromatic N) is 3. The molecule has 0 aliphatic heterocycles. The lowest BCUT2D eigenvalue weighted by Crippen LogP contribution is -2.24. The maximum atomic E-state index is 12.5. The predicted molar refractivity (Wildman–Crippen MR) is 69.1 cm³/mol. The molecule has 112 valence electrons. The van der Waals surface area contributed by atoms with Crippen LogP contribution in [0.4, 0.5) is 13.2 Å². The first-order valence-corrected chi connectivity index (χ1v) is 6.18. The van der Waals surface area contributed by atoms with E-state index in [-0.39, 0.29) is 5.91 Å². The molecule has 0 aliphatic rings. The third kappa shape index (κ3) is 4.04. The molecule has 8 heteroatoms. The zero-order chi connectivity index (χ0) is 15.5. The van der Waals surface area contributed by atoms with Crippen LogP contribution in [0.3, 0.4) is 0 Å². The van der Waals surface area contributed by atoms with Gasteiger partial charge in [-0.05, 0) is 12.1 Å². The van der Waals surface area contributed by atoms with Gasteiger partial charge in [0.2, 0.25) is 5.91 Å². The average Bonchev–Trinajstić information content (AvgIpc) is 2.86. The molecule has 1 aromatic heterocycles. The van der Waals surface area contributed by atoms with E-state index in [0.29, 0.717) is 24.3 Å². The van der Waals surface area contributed by atoms with Gasteiger partial charge in [0.25, 0.3) is 0 Å². The van der Waals surface area contributed by atoms with Gasteiger partial charge in [-0.15, -0.1) is 5.10 Å². The summed E-state index contributed by atoms with van der Waals surface area (Å²) < 4.78 is 38.9. The van der Waals surface area contributed by atoms with E-state index in [1.54, 1.807) is 6.20 Å². The number of amides is 1. The Morgan fingerprint density at radius 2 is 1.95 bits per heavy atom. The molecule has 2 aromatic rings. The van der Waals surface area contributed by atoms with Crippen LogP contribution in [0.15, 0.2) is 30.5 Å². The van der Waals surface area contributed by atoms with Crippen LogP contribution in [0.25, 0.3) is 11.3 Å². The van der Waals surface area contributed by atoms with Crippen molar-refractivity contribution in [1.82, 2.24) is 20.3 Å². The molecule has 0 spiro atoms. The molecule has 1 amide bonds. The molecule has 0 saturated carbocycles. The highest BCUT2D eigenvalue weighted by Gasteiger charge is 2.30. The topological polar surface area (TPSA) is 59.8 Å². The van der Waals surface area contributed by atoms with E-state index < -0.39 is 11.7 Å². The van der Waals surface area contributed by atoms with Crippen molar-refractivity contribution in [3.05, 3.63) is 36.0 Å². The molecule has 2 rings (SSSR count). The predicted octanol–water partition coefficient (Wildman–Crippen LogP) is 2.10. The second kappa shape index (κ2) is 5.94. The minimum Gasteiger partial charge on any atom is -0.354 e. The maximum absolute atomic E-state index is 12.5. The monoisotopic (exact) mass is 298 g/mol. The largest absolute Gasteiger partial charge is 0.416 e. The SMILES string of the molecule is CC(=O)NCCn1cc(-c2ccc(C(F)(F)F)cc2)nn1. The van der Waals surface area contributed by atoms with Crippen LogP contribution >= 0.6 is 0 Å². The summed E-state index contributed by atoms with van der Waals surface area (Å²) in [7, 11) is 0. The normalized spacial score (nSPS) is 11.4. The molecule has 0 aliphatic carbocycles. The fraction of sp³-hybridized carbons (Fsp3) is 0.308. The maximum Gasteiger partial charge on any atom is 0.416 e. The summed E-state index contributed by atoms with van der Waals surface area (Å²) in [5.74, 6) is -0.141. The van der Waals surface area contributed by atoms with Crippen molar-refractivity contribution in [1.29, 1.82) is 0 Å². The fourth-order valence-electron chi connectivity index (χ4n) is 1.72. The van der Waals surface area contributed by atoms with Gasteiger partial charge in [0, 0.05) is 19.0 Å². The number of carbonyl (C=O) groups excluding carboxylic acids is 1. The standard InChI is InChI=1S/C13H13F3N4O/c1-9(21)17-6-7-20-8-12(18-19-20)10-2-4-11(5-3-10)13(14,15)16/h2-5,8H,6-7H2,1H3,(H,17,21). The molecule has 1 aromatic carbocycles. The van der Waals surface area contributed by atoms with Crippen LogP contribution in [0, 0.1) is 0 Å². The summed E-state index contributed by atoms with van der Waals surface area (Å²) in [5.41, 5.74) is 0.324. The van der Waals surface area contributed by atoms with Gasteiger partial charge in [-0.2, -0.15) is 13.2 Å². The van der Waals surface area contributed by atoms with Gasteiger partial charge >= 0.3 is 6.18 Å². The van der Waals surface area contributed by atoms with Crippen LogP contribution in [0.1, 0.15) is 12.5 Å². The van der Waals surface area contributed by atoms with E-state index in [1.807, 2.05) is 0 Å². The number of halogens is 3. The number of hydrogen-bond donors (Lipinski definition) is 1. The Morgan fingerprint density at radius 3 is 2.52 bits per heavy atom. The fourth-order valence-corrected chi connectivity index (χ4v) is 1.72. The first kappa shape index (κ1) is 15.0. The van der Waals surface area contributed by atoms with Gasteiger partial charge in [0.05, 0.1) is 18.3 Å². The van der Waals surface area contributed by atoms with Crippen LogP contribution in [-0.2, 0) is 17.5 Å². The molecular weight excluding hydrogens is 285 g/mol. The third-order valence-electron chi connectivity index (χ3n) is 2.76. The summed E-state index contributed by atoms with van der Waals surface area (Å²) in [6.45, 7) is 2.26. The van der Waals surface area contributed by atoms with E-state index in [1.165, 1.54) is 23.7 Å². The van der Waals surface area contributed by atoms with Gasteiger partial charge in [-0.25, -0.2) is 0 Å². The minimum absolute atomic E-state index is 0.141. The van der Waals surface area contributed by atoms with E-state index in [0.717, 1.165) is 12.1 Å². The van der Waals surface area contributed by atoms with Gasteiger partial charge < -0.3 is 5.32 Å². The third-order valence-corrected chi connectivity index (χ3v) is 2.76. The Balaban J connectivity index is 2.05. The van der Waals surface area contributed by atoms with E-state index >= 15 is 0 Å². The Hall–Kier alpha value is -2.38. The van der Waals surface area contributed by atoms with E-state index in [2.05, 4.69) is 15.6 Å². The van der Waals surface area contributed by atoms with E-state index in [9.17, 15) is 18.0 Å². The van der Waals surface area contributed by atoms with Gasteiger partial charge in [-0.3, -0.25) is 9.48 Å². The highest BCUT2D eigenvalue weighted by molar-refractivity contribution is 5.72. The zero-order valence-electron chi connectivity index (χ0n) is 11.2. The quantitative estimate of drug-likeness (QED) is 0.940. The Labute approximate surface area is 118 Å².